The van der Waals surface area contributed by atoms with Crippen molar-refractivity contribution in [1.29, 1.82) is 0 Å². The molecular weight excluding hydrogens is 432 g/mol. The SMILES string of the molecule is CC[C@H](C)[C@H](NC(=O)CO/N=C1\C=C2CC[C@H]3[C@@H]4CC[C@H](O)[C@@]4(C)CC[C@@H]3[C@@]2(C)CC1)C(=O)O. The van der Waals surface area contributed by atoms with Gasteiger partial charge in [0.2, 0.25) is 0 Å². The summed E-state index contributed by atoms with van der Waals surface area (Å²) in [6.07, 6.45) is 11.2. The molecular formula is C27H42N2O5. The number of hydrogen-bond donors (Lipinski definition) is 3. The molecule has 3 fully saturated rings. The van der Waals surface area contributed by atoms with E-state index >= 15 is 0 Å². The number of hydrogen-bond acceptors (Lipinski definition) is 5. The summed E-state index contributed by atoms with van der Waals surface area (Å²) < 4.78 is 0. The van der Waals surface area contributed by atoms with Gasteiger partial charge in [0, 0.05) is 0 Å². The van der Waals surface area contributed by atoms with Crippen LogP contribution in [0, 0.1) is 34.5 Å². The minimum atomic E-state index is -1.03. The number of aliphatic carboxylic acids is 1. The van der Waals surface area contributed by atoms with Crippen LogP contribution in [0.2, 0.25) is 0 Å². The van der Waals surface area contributed by atoms with Gasteiger partial charge in [-0.2, -0.15) is 0 Å². The van der Waals surface area contributed by atoms with E-state index in [0.29, 0.717) is 24.2 Å². The highest BCUT2D eigenvalue weighted by Gasteiger charge is 2.58. The fourth-order valence-corrected chi connectivity index (χ4v) is 7.69. The predicted octanol–water partition coefficient (Wildman–Crippen LogP) is 4.30. The molecule has 0 aromatic heterocycles. The Morgan fingerprint density at radius 3 is 2.65 bits per heavy atom. The number of carboxylic acid groups (broad SMARTS) is 1. The van der Waals surface area contributed by atoms with Gasteiger partial charge in [0.15, 0.2) is 6.61 Å². The quantitative estimate of drug-likeness (QED) is 0.477. The Morgan fingerprint density at radius 1 is 1.18 bits per heavy atom. The number of rotatable bonds is 7. The van der Waals surface area contributed by atoms with Crippen LogP contribution >= 0.6 is 0 Å². The molecule has 0 aromatic carbocycles. The van der Waals surface area contributed by atoms with Crippen LogP contribution in [0.15, 0.2) is 16.8 Å². The molecule has 7 nitrogen and oxygen atoms in total. The van der Waals surface area contributed by atoms with Crippen molar-refractivity contribution in [3.8, 4) is 0 Å². The second-order valence-corrected chi connectivity index (χ2v) is 11.8. The summed E-state index contributed by atoms with van der Waals surface area (Å²) in [7, 11) is 0. The van der Waals surface area contributed by atoms with E-state index in [9.17, 15) is 19.8 Å². The van der Waals surface area contributed by atoms with Gasteiger partial charge in [-0.3, -0.25) is 4.79 Å². The van der Waals surface area contributed by atoms with Crippen molar-refractivity contribution < 1.29 is 24.6 Å². The van der Waals surface area contributed by atoms with Crippen molar-refractivity contribution in [2.24, 2.45) is 39.7 Å². The minimum Gasteiger partial charge on any atom is -0.480 e. The third-order valence-electron chi connectivity index (χ3n) is 10.1. The van der Waals surface area contributed by atoms with Crippen LogP contribution in [0.5, 0.6) is 0 Å². The van der Waals surface area contributed by atoms with Crippen molar-refractivity contribution in [3.63, 3.8) is 0 Å². The molecule has 3 saturated carbocycles. The fraction of sp³-hybridized carbons (Fsp3) is 0.815. The van der Waals surface area contributed by atoms with Crippen LogP contribution in [0.1, 0.15) is 85.5 Å². The standard InChI is InChI=1S/C27H42N2O5/c1-5-16(2)24(25(32)33)28-23(31)15-34-29-18-10-12-26(3)17(14-18)6-7-19-20-8-9-22(30)27(20,4)13-11-21(19)26/h14,16,19-22,24,30H,5-13,15H2,1-4H3,(H,28,31)(H,32,33)/b29-18-/t16-,19-,20-,21-,22-,24-,26-,27-/m0/s1. The Bertz CT molecular complexity index is 869. The number of nitrogens with zero attached hydrogens (tertiary/aromatic N) is 1. The third kappa shape index (κ3) is 4.40. The number of allylic oxidation sites excluding steroid dienone is 2. The maximum atomic E-state index is 12.2. The molecule has 7 heteroatoms. The van der Waals surface area contributed by atoms with Crippen LogP contribution in [-0.4, -0.2) is 46.6 Å². The summed E-state index contributed by atoms with van der Waals surface area (Å²) in [5.41, 5.74) is 2.60. The Kier molecular flexibility index (Phi) is 7.14. The molecule has 4 aliphatic carbocycles. The molecule has 4 rings (SSSR count). The van der Waals surface area contributed by atoms with Gasteiger partial charge < -0.3 is 20.4 Å². The number of nitrogens with one attached hydrogen (secondary N) is 1. The summed E-state index contributed by atoms with van der Waals surface area (Å²) >= 11 is 0. The average molecular weight is 475 g/mol. The summed E-state index contributed by atoms with van der Waals surface area (Å²) in [6.45, 7) is 8.17. The van der Waals surface area contributed by atoms with Crippen LogP contribution < -0.4 is 5.32 Å². The van der Waals surface area contributed by atoms with Crippen molar-refractivity contribution in [2.75, 3.05) is 6.61 Å². The molecule has 8 atom stereocenters. The Morgan fingerprint density at radius 2 is 1.94 bits per heavy atom. The van der Waals surface area contributed by atoms with Gasteiger partial charge in [-0.15, -0.1) is 0 Å². The van der Waals surface area contributed by atoms with Crippen LogP contribution in [0.3, 0.4) is 0 Å². The van der Waals surface area contributed by atoms with Gasteiger partial charge in [-0.1, -0.05) is 44.8 Å². The first-order valence-electron chi connectivity index (χ1n) is 13.2. The number of carbonyl (C=O) groups excluding carboxylic acids is 1. The first kappa shape index (κ1) is 25.2. The molecule has 0 heterocycles. The molecule has 0 aliphatic heterocycles. The van der Waals surface area contributed by atoms with E-state index in [2.05, 4.69) is 30.4 Å². The lowest BCUT2D eigenvalue weighted by molar-refractivity contribution is -0.144. The molecule has 0 bridgehead atoms. The molecule has 0 unspecified atom stereocenters. The van der Waals surface area contributed by atoms with Gasteiger partial charge in [-0.25, -0.2) is 4.79 Å². The summed E-state index contributed by atoms with van der Waals surface area (Å²) in [5, 5.41) is 26.8. The van der Waals surface area contributed by atoms with E-state index in [0.717, 1.165) is 44.2 Å². The highest BCUT2D eigenvalue weighted by molar-refractivity contribution is 5.96. The number of fused-ring (bicyclic) bond motifs is 5. The zero-order valence-corrected chi connectivity index (χ0v) is 21.2. The maximum absolute atomic E-state index is 12.2. The molecule has 0 radical (unpaired) electrons. The van der Waals surface area contributed by atoms with Crippen molar-refractivity contribution in [3.05, 3.63) is 11.6 Å². The number of carboxylic acids is 1. The predicted molar refractivity (Wildman–Crippen MR) is 130 cm³/mol. The molecule has 3 N–H and O–H groups in total. The van der Waals surface area contributed by atoms with E-state index in [1.54, 1.807) is 0 Å². The van der Waals surface area contributed by atoms with E-state index in [4.69, 9.17) is 4.84 Å². The largest absolute Gasteiger partial charge is 0.480 e. The van der Waals surface area contributed by atoms with Gasteiger partial charge in [0.05, 0.1) is 11.8 Å². The monoisotopic (exact) mass is 474 g/mol. The van der Waals surface area contributed by atoms with Crippen molar-refractivity contribution in [1.82, 2.24) is 5.32 Å². The number of oxime groups is 1. The second kappa shape index (κ2) is 9.63. The summed E-state index contributed by atoms with van der Waals surface area (Å²) in [5.74, 6) is 0.350. The molecule has 0 aromatic rings. The number of carbonyl (C=O) groups is 2. The molecule has 4 aliphatic rings. The first-order valence-corrected chi connectivity index (χ1v) is 13.2. The summed E-state index contributed by atoms with van der Waals surface area (Å²) in [6, 6.07) is -0.917. The number of aliphatic hydroxyl groups is 1. The lowest BCUT2D eigenvalue weighted by atomic mass is 9.47. The Labute approximate surface area is 203 Å². The molecule has 1 amide bonds. The van der Waals surface area contributed by atoms with Gasteiger partial charge in [-0.05, 0) is 91.9 Å². The van der Waals surface area contributed by atoms with Gasteiger partial charge in [0.25, 0.3) is 5.91 Å². The van der Waals surface area contributed by atoms with Crippen LogP contribution in [0.25, 0.3) is 0 Å². The third-order valence-corrected chi connectivity index (χ3v) is 10.1. The molecule has 0 saturated heterocycles. The zero-order valence-electron chi connectivity index (χ0n) is 21.2. The Balaban J connectivity index is 1.38. The van der Waals surface area contributed by atoms with E-state index < -0.39 is 17.9 Å². The first-order chi connectivity index (χ1) is 16.1. The zero-order chi connectivity index (χ0) is 24.7. The normalized spacial score (nSPS) is 39.8. The highest BCUT2D eigenvalue weighted by atomic mass is 16.6. The van der Waals surface area contributed by atoms with E-state index in [1.807, 2.05) is 13.8 Å². The average Bonchev–Trinajstić information content (AvgIpc) is 3.11. The van der Waals surface area contributed by atoms with Crippen LogP contribution in [0.4, 0.5) is 0 Å². The summed E-state index contributed by atoms with van der Waals surface area (Å²) in [4.78, 5) is 28.9. The molecule has 190 valence electrons. The lowest BCUT2D eigenvalue weighted by Crippen LogP contribution is -2.51. The fourth-order valence-electron chi connectivity index (χ4n) is 7.69. The van der Waals surface area contributed by atoms with Gasteiger partial charge in [0.1, 0.15) is 6.04 Å². The van der Waals surface area contributed by atoms with Gasteiger partial charge >= 0.3 is 5.97 Å². The molecule has 0 spiro atoms. The van der Waals surface area contributed by atoms with Crippen molar-refractivity contribution >= 4 is 17.6 Å². The smallest absolute Gasteiger partial charge is 0.326 e. The minimum absolute atomic E-state index is 0.100. The maximum Gasteiger partial charge on any atom is 0.326 e. The van der Waals surface area contributed by atoms with E-state index in [1.165, 1.54) is 18.4 Å². The number of aliphatic hydroxyl groups excluding tert-OH is 1. The lowest BCUT2D eigenvalue weighted by Gasteiger charge is -2.57. The highest BCUT2D eigenvalue weighted by Crippen LogP contribution is 2.65. The topological polar surface area (TPSA) is 108 Å². The van der Waals surface area contributed by atoms with E-state index in [-0.39, 0.29) is 29.5 Å². The Hall–Kier alpha value is -1.89. The second-order valence-electron chi connectivity index (χ2n) is 11.8. The number of amides is 1. The van der Waals surface area contributed by atoms with Crippen LogP contribution in [-0.2, 0) is 14.4 Å². The molecule has 34 heavy (non-hydrogen) atoms. The van der Waals surface area contributed by atoms with Crippen molar-refractivity contribution in [2.45, 2.75) is 97.6 Å².